The summed E-state index contributed by atoms with van der Waals surface area (Å²) >= 11 is 2.24. The summed E-state index contributed by atoms with van der Waals surface area (Å²) in [6.07, 6.45) is 0.725. The molecule has 2 rings (SSSR count). The fraction of sp³-hybridized carbons (Fsp3) is 0.188. The monoisotopic (exact) mass is 398 g/mol. The van der Waals surface area contributed by atoms with Crippen molar-refractivity contribution in [2.45, 2.75) is 6.42 Å². The summed E-state index contributed by atoms with van der Waals surface area (Å²) in [4.78, 5) is 10.8. The van der Waals surface area contributed by atoms with E-state index >= 15 is 0 Å². The van der Waals surface area contributed by atoms with Gasteiger partial charge < -0.3 is 14.6 Å². The van der Waals surface area contributed by atoms with Crippen LogP contribution in [0.15, 0.2) is 48.5 Å². The van der Waals surface area contributed by atoms with Crippen LogP contribution >= 0.6 is 22.6 Å². The van der Waals surface area contributed by atoms with Crippen molar-refractivity contribution >= 4 is 28.6 Å². The van der Waals surface area contributed by atoms with Crippen molar-refractivity contribution in [2.24, 2.45) is 0 Å². The highest BCUT2D eigenvalue weighted by Gasteiger charge is 2.03. The number of rotatable bonds is 7. The maximum absolute atomic E-state index is 10.8. The van der Waals surface area contributed by atoms with E-state index in [1.807, 2.05) is 24.3 Å². The maximum Gasteiger partial charge on any atom is 0.335 e. The molecule has 5 heteroatoms. The van der Waals surface area contributed by atoms with E-state index in [2.05, 4.69) is 22.6 Å². The highest BCUT2D eigenvalue weighted by molar-refractivity contribution is 14.1. The van der Waals surface area contributed by atoms with Crippen molar-refractivity contribution in [3.8, 4) is 11.5 Å². The molecule has 0 amide bonds. The normalized spacial score (nSPS) is 10.1. The lowest BCUT2D eigenvalue weighted by Crippen LogP contribution is -2.05. The Bertz CT molecular complexity index is 613. The van der Waals surface area contributed by atoms with Crippen LogP contribution in [0.2, 0.25) is 0 Å². The number of benzene rings is 2. The Morgan fingerprint density at radius 1 is 1.00 bits per heavy atom. The summed E-state index contributed by atoms with van der Waals surface area (Å²) in [7, 11) is 0. The van der Waals surface area contributed by atoms with E-state index < -0.39 is 5.97 Å². The number of halogens is 1. The van der Waals surface area contributed by atoms with Crippen LogP contribution in [0.5, 0.6) is 11.5 Å². The molecule has 0 aliphatic heterocycles. The molecule has 4 nitrogen and oxygen atoms in total. The molecule has 0 spiro atoms. The van der Waals surface area contributed by atoms with Gasteiger partial charge in [0.05, 0.1) is 18.8 Å². The average molecular weight is 398 g/mol. The highest BCUT2D eigenvalue weighted by Crippen LogP contribution is 2.16. The zero-order valence-electron chi connectivity index (χ0n) is 11.3. The minimum Gasteiger partial charge on any atom is -0.493 e. The number of carboxylic acid groups (broad SMARTS) is 1. The van der Waals surface area contributed by atoms with Crippen molar-refractivity contribution < 1.29 is 19.4 Å². The Morgan fingerprint density at radius 3 is 2.24 bits per heavy atom. The quantitative estimate of drug-likeness (QED) is 0.569. The van der Waals surface area contributed by atoms with Gasteiger partial charge in [-0.2, -0.15) is 0 Å². The molecule has 21 heavy (non-hydrogen) atoms. The average Bonchev–Trinajstić information content (AvgIpc) is 2.47. The Morgan fingerprint density at radius 2 is 1.62 bits per heavy atom. The Balaban J connectivity index is 1.72. The molecular weight excluding hydrogens is 383 g/mol. The van der Waals surface area contributed by atoms with Gasteiger partial charge in [0.1, 0.15) is 11.5 Å². The van der Waals surface area contributed by atoms with Crippen molar-refractivity contribution in [1.29, 1.82) is 0 Å². The number of ether oxygens (including phenoxy) is 2. The summed E-state index contributed by atoms with van der Waals surface area (Å²) < 4.78 is 12.3. The largest absolute Gasteiger partial charge is 0.493 e. The molecule has 2 aromatic rings. The molecule has 0 radical (unpaired) electrons. The molecule has 0 fully saturated rings. The first-order valence-electron chi connectivity index (χ1n) is 6.50. The lowest BCUT2D eigenvalue weighted by atomic mass is 10.2. The molecule has 0 bridgehead atoms. The van der Waals surface area contributed by atoms with E-state index in [-0.39, 0.29) is 5.56 Å². The fourth-order valence-corrected chi connectivity index (χ4v) is 2.23. The molecule has 0 saturated heterocycles. The minimum atomic E-state index is -0.956. The molecule has 1 N–H and O–H groups in total. The van der Waals surface area contributed by atoms with Gasteiger partial charge in [-0.25, -0.2) is 4.79 Å². The van der Waals surface area contributed by atoms with Gasteiger partial charge in [-0.15, -0.1) is 0 Å². The van der Waals surface area contributed by atoms with Crippen molar-refractivity contribution in [3.05, 3.63) is 57.7 Å². The van der Waals surface area contributed by atoms with Crippen molar-refractivity contribution in [3.63, 3.8) is 0 Å². The molecule has 0 aromatic heterocycles. The van der Waals surface area contributed by atoms with Gasteiger partial charge in [0, 0.05) is 9.99 Å². The van der Waals surface area contributed by atoms with E-state index in [9.17, 15) is 4.79 Å². The lowest BCUT2D eigenvalue weighted by molar-refractivity contribution is 0.0696. The van der Waals surface area contributed by atoms with Crippen LogP contribution in [-0.4, -0.2) is 24.3 Å². The summed E-state index contributed by atoms with van der Waals surface area (Å²) in [5.41, 5.74) is 0.225. The van der Waals surface area contributed by atoms with Crippen LogP contribution in [0.1, 0.15) is 16.8 Å². The van der Waals surface area contributed by atoms with E-state index in [0.29, 0.717) is 19.0 Å². The van der Waals surface area contributed by atoms with E-state index in [1.165, 1.54) is 12.1 Å². The predicted octanol–water partition coefficient (Wildman–Crippen LogP) is 3.84. The first kappa shape index (κ1) is 15.6. The third-order valence-corrected chi connectivity index (χ3v) is 3.37. The minimum absolute atomic E-state index is 0.225. The van der Waals surface area contributed by atoms with Crippen molar-refractivity contribution in [2.75, 3.05) is 13.2 Å². The van der Waals surface area contributed by atoms with Crippen LogP contribution in [0.25, 0.3) is 0 Å². The van der Waals surface area contributed by atoms with Gasteiger partial charge in [-0.1, -0.05) is 12.1 Å². The Hall–Kier alpha value is -1.76. The fourth-order valence-electron chi connectivity index (χ4n) is 1.71. The van der Waals surface area contributed by atoms with Gasteiger partial charge in [0.2, 0.25) is 0 Å². The van der Waals surface area contributed by atoms with Crippen LogP contribution in [0, 0.1) is 3.57 Å². The maximum atomic E-state index is 10.8. The summed E-state index contributed by atoms with van der Waals surface area (Å²) in [6.45, 7) is 1.03. The standard InChI is InChI=1S/C16H15IO4/c17-13-5-2-7-15(11-13)21-9-3-8-20-14-6-1-4-12(10-14)16(18)19/h1-2,4-7,10-11H,3,8-9H2,(H,18,19). The van der Waals surface area contributed by atoms with Gasteiger partial charge in [-0.3, -0.25) is 0 Å². The van der Waals surface area contributed by atoms with E-state index in [1.54, 1.807) is 12.1 Å². The van der Waals surface area contributed by atoms with Crippen LogP contribution in [-0.2, 0) is 0 Å². The second-order valence-corrected chi connectivity index (χ2v) is 5.59. The van der Waals surface area contributed by atoms with Crippen LogP contribution in [0.4, 0.5) is 0 Å². The van der Waals surface area contributed by atoms with Crippen LogP contribution < -0.4 is 9.47 Å². The first-order valence-corrected chi connectivity index (χ1v) is 7.57. The number of hydrogen-bond acceptors (Lipinski definition) is 3. The molecule has 0 saturated carbocycles. The third kappa shape index (κ3) is 5.26. The molecule has 0 unspecified atom stereocenters. The molecule has 0 aliphatic rings. The SMILES string of the molecule is O=C(O)c1cccc(OCCCOc2cccc(I)c2)c1. The number of carboxylic acids is 1. The number of carbonyl (C=O) groups is 1. The van der Waals surface area contributed by atoms with E-state index in [0.717, 1.165) is 15.7 Å². The second-order valence-electron chi connectivity index (χ2n) is 4.34. The van der Waals surface area contributed by atoms with Gasteiger partial charge >= 0.3 is 5.97 Å². The zero-order valence-corrected chi connectivity index (χ0v) is 13.4. The second kappa shape index (κ2) is 7.87. The molecular formula is C16H15IO4. The smallest absolute Gasteiger partial charge is 0.335 e. The first-order chi connectivity index (χ1) is 10.1. The highest BCUT2D eigenvalue weighted by atomic mass is 127. The molecule has 0 atom stereocenters. The van der Waals surface area contributed by atoms with Crippen LogP contribution in [0.3, 0.4) is 0 Å². The zero-order chi connectivity index (χ0) is 15.1. The topological polar surface area (TPSA) is 55.8 Å². The van der Waals surface area contributed by atoms with Crippen molar-refractivity contribution in [1.82, 2.24) is 0 Å². The molecule has 2 aromatic carbocycles. The lowest BCUT2D eigenvalue weighted by Gasteiger charge is -2.08. The Kier molecular flexibility index (Phi) is 5.86. The summed E-state index contributed by atoms with van der Waals surface area (Å²) in [6, 6.07) is 14.3. The van der Waals surface area contributed by atoms with Gasteiger partial charge in [0.15, 0.2) is 0 Å². The predicted molar refractivity (Wildman–Crippen MR) is 88.2 cm³/mol. The number of aromatic carboxylic acids is 1. The number of hydrogen-bond donors (Lipinski definition) is 1. The molecule has 0 heterocycles. The third-order valence-electron chi connectivity index (χ3n) is 2.70. The Labute approximate surface area is 136 Å². The van der Waals surface area contributed by atoms with Gasteiger partial charge in [0.25, 0.3) is 0 Å². The van der Waals surface area contributed by atoms with E-state index in [4.69, 9.17) is 14.6 Å². The summed E-state index contributed by atoms with van der Waals surface area (Å²) in [5.74, 6) is 0.446. The van der Waals surface area contributed by atoms with Gasteiger partial charge in [-0.05, 0) is 59.0 Å². The molecule has 110 valence electrons. The summed E-state index contributed by atoms with van der Waals surface area (Å²) in [5, 5.41) is 8.89. The molecule has 0 aliphatic carbocycles.